The van der Waals surface area contributed by atoms with E-state index in [1.807, 2.05) is 31.2 Å². The van der Waals surface area contributed by atoms with Crippen LogP contribution in [-0.4, -0.2) is 11.1 Å². The Morgan fingerprint density at radius 1 is 1.22 bits per heavy atom. The molecule has 2 aromatic rings. The number of hydrogen-bond donors (Lipinski definition) is 1. The molecule has 118 valence electrons. The summed E-state index contributed by atoms with van der Waals surface area (Å²) in [5.74, 6) is 0. The van der Waals surface area contributed by atoms with Crippen molar-refractivity contribution in [2.75, 3.05) is 0 Å². The van der Waals surface area contributed by atoms with Crippen molar-refractivity contribution in [3.63, 3.8) is 0 Å². The Balaban J connectivity index is 2.57. The summed E-state index contributed by atoms with van der Waals surface area (Å²) in [6.45, 7) is 3.91. The summed E-state index contributed by atoms with van der Waals surface area (Å²) in [7, 11) is 0. The maximum atomic E-state index is 10.8. The van der Waals surface area contributed by atoms with E-state index in [9.17, 15) is 10.1 Å². The SMILES string of the molecule is CC=N/C(=C(\N)c1ccc([N+](=O)[O-])cc1)c1ccccc1CC. The number of nitrogens with two attached hydrogens (primary N) is 1. The summed E-state index contributed by atoms with van der Waals surface area (Å²) in [6, 6.07) is 14.1. The number of non-ortho nitro benzene ring substituents is 1. The standard InChI is InChI=1S/C18H19N3O2/c1-3-13-7-5-6-8-16(13)18(20-4-2)17(19)14-9-11-15(12-10-14)21(22)23/h4-12H,3,19H2,1-2H3/b18-17-,20-4?. The first kappa shape index (κ1) is 16.4. The minimum absolute atomic E-state index is 0.0380. The maximum Gasteiger partial charge on any atom is 0.269 e. The molecule has 0 unspecified atom stereocenters. The molecule has 23 heavy (non-hydrogen) atoms. The predicted molar refractivity (Wildman–Crippen MR) is 94.1 cm³/mol. The smallest absolute Gasteiger partial charge is 0.269 e. The highest BCUT2D eigenvalue weighted by molar-refractivity contribution is 5.92. The summed E-state index contributed by atoms with van der Waals surface area (Å²) >= 11 is 0. The third-order valence-corrected chi connectivity index (χ3v) is 3.56. The fraction of sp³-hybridized carbons (Fsp3) is 0.167. The van der Waals surface area contributed by atoms with Gasteiger partial charge in [-0.2, -0.15) is 0 Å². The Hall–Kier alpha value is -2.95. The molecule has 0 heterocycles. The number of aliphatic imine (C=N–C) groups is 1. The molecule has 0 amide bonds. The zero-order chi connectivity index (χ0) is 16.8. The molecule has 0 spiro atoms. The topological polar surface area (TPSA) is 81.5 Å². The minimum Gasteiger partial charge on any atom is -0.396 e. The quantitative estimate of drug-likeness (QED) is 0.392. The number of nitro groups is 1. The van der Waals surface area contributed by atoms with Crippen LogP contribution in [0.2, 0.25) is 0 Å². The molecular formula is C18H19N3O2. The highest BCUT2D eigenvalue weighted by Crippen LogP contribution is 2.27. The van der Waals surface area contributed by atoms with E-state index in [4.69, 9.17) is 5.73 Å². The summed E-state index contributed by atoms with van der Waals surface area (Å²) in [4.78, 5) is 14.8. The number of hydrogen-bond acceptors (Lipinski definition) is 4. The second-order valence-corrected chi connectivity index (χ2v) is 4.96. The van der Waals surface area contributed by atoms with E-state index < -0.39 is 4.92 Å². The summed E-state index contributed by atoms with van der Waals surface area (Å²) in [5, 5.41) is 10.8. The van der Waals surface area contributed by atoms with Crippen LogP contribution in [0.15, 0.2) is 53.5 Å². The van der Waals surface area contributed by atoms with E-state index in [-0.39, 0.29) is 5.69 Å². The molecule has 0 saturated carbocycles. The summed E-state index contributed by atoms with van der Waals surface area (Å²) < 4.78 is 0. The van der Waals surface area contributed by atoms with Gasteiger partial charge in [-0.1, -0.05) is 31.2 Å². The normalized spacial score (nSPS) is 12.3. The van der Waals surface area contributed by atoms with E-state index in [2.05, 4.69) is 11.9 Å². The van der Waals surface area contributed by atoms with E-state index in [1.54, 1.807) is 18.3 Å². The molecule has 0 aliphatic heterocycles. The van der Waals surface area contributed by atoms with Crippen molar-refractivity contribution in [1.29, 1.82) is 0 Å². The van der Waals surface area contributed by atoms with Crippen LogP contribution in [0.3, 0.4) is 0 Å². The molecular weight excluding hydrogens is 290 g/mol. The van der Waals surface area contributed by atoms with Crippen LogP contribution < -0.4 is 5.73 Å². The lowest BCUT2D eigenvalue weighted by Gasteiger charge is -2.12. The molecule has 2 aromatic carbocycles. The van der Waals surface area contributed by atoms with Crippen LogP contribution in [0, 0.1) is 10.1 Å². The van der Waals surface area contributed by atoms with Gasteiger partial charge in [0.2, 0.25) is 0 Å². The Bertz CT molecular complexity index is 762. The lowest BCUT2D eigenvalue weighted by molar-refractivity contribution is -0.384. The monoisotopic (exact) mass is 309 g/mol. The second kappa shape index (κ2) is 7.35. The van der Waals surface area contributed by atoms with E-state index >= 15 is 0 Å². The van der Waals surface area contributed by atoms with Crippen molar-refractivity contribution >= 4 is 23.3 Å². The lowest BCUT2D eigenvalue weighted by Crippen LogP contribution is -2.03. The highest BCUT2D eigenvalue weighted by Gasteiger charge is 2.12. The lowest BCUT2D eigenvalue weighted by atomic mass is 9.99. The molecule has 5 heteroatoms. The molecule has 2 rings (SSSR count). The van der Waals surface area contributed by atoms with Crippen molar-refractivity contribution in [3.05, 3.63) is 75.3 Å². The van der Waals surface area contributed by atoms with Crippen molar-refractivity contribution in [1.82, 2.24) is 0 Å². The second-order valence-electron chi connectivity index (χ2n) is 4.96. The van der Waals surface area contributed by atoms with Crippen LogP contribution in [0.1, 0.15) is 30.5 Å². The van der Waals surface area contributed by atoms with Gasteiger partial charge in [0.25, 0.3) is 5.69 Å². The molecule has 0 saturated heterocycles. The Kier molecular flexibility index (Phi) is 5.25. The molecule has 0 aliphatic rings. The van der Waals surface area contributed by atoms with Crippen molar-refractivity contribution in [2.24, 2.45) is 10.7 Å². The number of benzene rings is 2. The number of nitrogens with zero attached hydrogens (tertiary/aromatic N) is 2. The highest BCUT2D eigenvalue weighted by atomic mass is 16.6. The van der Waals surface area contributed by atoms with Gasteiger partial charge in [-0.15, -0.1) is 0 Å². The van der Waals surface area contributed by atoms with Crippen molar-refractivity contribution in [3.8, 4) is 0 Å². The Morgan fingerprint density at radius 3 is 2.43 bits per heavy atom. The molecule has 0 atom stereocenters. The van der Waals surface area contributed by atoms with Crippen molar-refractivity contribution in [2.45, 2.75) is 20.3 Å². The van der Waals surface area contributed by atoms with Gasteiger partial charge in [-0.25, -0.2) is 0 Å². The minimum atomic E-state index is -0.429. The van der Waals surface area contributed by atoms with Crippen LogP contribution in [0.5, 0.6) is 0 Å². The van der Waals surface area contributed by atoms with Crippen LogP contribution in [0.25, 0.3) is 11.4 Å². The van der Waals surface area contributed by atoms with Gasteiger partial charge < -0.3 is 5.73 Å². The zero-order valence-electron chi connectivity index (χ0n) is 13.2. The van der Waals surface area contributed by atoms with E-state index in [0.717, 1.165) is 17.5 Å². The van der Waals surface area contributed by atoms with Crippen LogP contribution >= 0.6 is 0 Å². The van der Waals surface area contributed by atoms with Gasteiger partial charge in [-0.3, -0.25) is 15.1 Å². The third kappa shape index (κ3) is 3.63. The molecule has 0 radical (unpaired) electrons. The average Bonchev–Trinajstić information content (AvgIpc) is 2.59. The fourth-order valence-corrected chi connectivity index (χ4v) is 2.37. The van der Waals surface area contributed by atoms with Gasteiger partial charge in [0.1, 0.15) is 0 Å². The average molecular weight is 309 g/mol. The van der Waals surface area contributed by atoms with Crippen LogP contribution in [0.4, 0.5) is 5.69 Å². The Labute approximate surface area is 135 Å². The molecule has 0 aliphatic carbocycles. The maximum absolute atomic E-state index is 10.8. The predicted octanol–water partition coefficient (Wildman–Crippen LogP) is 4.03. The number of nitro benzene ring substituents is 1. The van der Waals surface area contributed by atoms with E-state index in [0.29, 0.717) is 17.0 Å². The molecule has 0 fully saturated rings. The summed E-state index contributed by atoms with van der Waals surface area (Å²) in [6.07, 6.45) is 2.56. The zero-order valence-corrected chi connectivity index (χ0v) is 13.2. The third-order valence-electron chi connectivity index (χ3n) is 3.56. The molecule has 0 bridgehead atoms. The van der Waals surface area contributed by atoms with Gasteiger partial charge in [0.15, 0.2) is 0 Å². The first-order valence-electron chi connectivity index (χ1n) is 7.40. The van der Waals surface area contributed by atoms with Crippen LogP contribution in [-0.2, 0) is 6.42 Å². The van der Waals surface area contributed by atoms with Gasteiger partial charge >= 0.3 is 0 Å². The Morgan fingerprint density at radius 2 is 1.87 bits per heavy atom. The van der Waals surface area contributed by atoms with Gasteiger partial charge in [0, 0.05) is 29.5 Å². The fourth-order valence-electron chi connectivity index (χ4n) is 2.37. The van der Waals surface area contributed by atoms with Gasteiger partial charge in [-0.05, 0) is 31.0 Å². The number of rotatable bonds is 5. The molecule has 2 N–H and O–H groups in total. The molecule has 0 aromatic heterocycles. The first-order valence-corrected chi connectivity index (χ1v) is 7.40. The first-order chi connectivity index (χ1) is 11.1. The largest absolute Gasteiger partial charge is 0.396 e. The molecule has 5 nitrogen and oxygen atoms in total. The van der Waals surface area contributed by atoms with Gasteiger partial charge in [0.05, 0.1) is 16.3 Å². The van der Waals surface area contributed by atoms with E-state index in [1.165, 1.54) is 12.1 Å². The van der Waals surface area contributed by atoms with Crippen molar-refractivity contribution < 1.29 is 4.92 Å². The number of aryl methyl sites for hydroxylation is 1. The summed E-state index contributed by atoms with van der Waals surface area (Å²) in [5.41, 5.74) is 10.4.